The maximum absolute atomic E-state index is 13.4. The van der Waals surface area contributed by atoms with Gasteiger partial charge in [0.05, 0.1) is 38.4 Å². The van der Waals surface area contributed by atoms with E-state index in [0.717, 1.165) is 11.0 Å². The highest BCUT2D eigenvalue weighted by Crippen LogP contribution is 2.43. The fourth-order valence-corrected chi connectivity index (χ4v) is 4.47. The summed E-state index contributed by atoms with van der Waals surface area (Å²) < 4.78 is 18.5. The molecule has 2 N–H and O–H groups in total. The zero-order valence-electron chi connectivity index (χ0n) is 19.4. The number of imidazole rings is 1. The lowest BCUT2D eigenvalue weighted by Crippen LogP contribution is -2.52. The molecule has 0 bridgehead atoms. The maximum Gasteiger partial charge on any atom is 0.251 e. The van der Waals surface area contributed by atoms with Gasteiger partial charge in [-0.1, -0.05) is 30.3 Å². The number of methoxy groups -OCH3 is 3. The van der Waals surface area contributed by atoms with Crippen LogP contribution in [0.1, 0.15) is 22.0 Å². The first-order chi connectivity index (χ1) is 17.0. The lowest BCUT2D eigenvalue weighted by Gasteiger charge is -2.34. The van der Waals surface area contributed by atoms with E-state index in [4.69, 9.17) is 14.2 Å². The van der Waals surface area contributed by atoms with Gasteiger partial charge in [0.15, 0.2) is 11.5 Å². The van der Waals surface area contributed by atoms with Gasteiger partial charge in [0.2, 0.25) is 11.7 Å². The van der Waals surface area contributed by atoms with E-state index in [-0.39, 0.29) is 11.8 Å². The molecule has 178 valence electrons. The van der Waals surface area contributed by atoms with E-state index in [1.807, 2.05) is 34.9 Å². The van der Waals surface area contributed by atoms with Crippen LogP contribution in [0.2, 0.25) is 0 Å². The summed E-state index contributed by atoms with van der Waals surface area (Å²) in [4.78, 5) is 31.1. The molecule has 3 aromatic carbocycles. The molecule has 2 unspecified atom stereocenters. The monoisotopic (exact) mass is 472 g/mol. The van der Waals surface area contributed by atoms with Gasteiger partial charge in [0.25, 0.3) is 11.8 Å². The second-order valence-electron chi connectivity index (χ2n) is 8.00. The highest BCUT2D eigenvalue weighted by molar-refractivity contribution is 6.03. The lowest BCUT2D eigenvalue weighted by atomic mass is 9.95. The molecular weight excluding hydrogens is 448 g/mol. The molecule has 5 rings (SSSR count). The number of hydrogen-bond acceptors (Lipinski definition) is 6. The van der Waals surface area contributed by atoms with Crippen LogP contribution < -0.4 is 24.8 Å². The van der Waals surface area contributed by atoms with Gasteiger partial charge in [-0.25, -0.2) is 4.98 Å². The number of nitrogens with one attached hydrogen (secondary N) is 2. The maximum atomic E-state index is 13.4. The van der Waals surface area contributed by atoms with Crippen molar-refractivity contribution < 1.29 is 23.8 Å². The van der Waals surface area contributed by atoms with E-state index in [9.17, 15) is 9.59 Å². The quantitative estimate of drug-likeness (QED) is 0.446. The lowest BCUT2D eigenvalue weighted by molar-refractivity contribution is -0.119. The first-order valence-corrected chi connectivity index (χ1v) is 11.0. The van der Waals surface area contributed by atoms with E-state index >= 15 is 0 Å². The third kappa shape index (κ3) is 3.80. The van der Waals surface area contributed by atoms with Gasteiger partial charge >= 0.3 is 0 Å². The molecule has 0 saturated heterocycles. The Hall–Kier alpha value is -4.53. The van der Waals surface area contributed by atoms with Crippen molar-refractivity contribution >= 4 is 28.8 Å². The van der Waals surface area contributed by atoms with E-state index in [1.54, 1.807) is 36.4 Å². The SMILES string of the molecule is COc1cc(C2C(NC(=O)c3ccccc3)C(=O)Nc3nc4ccccc4n32)cc(OC)c1OC. The van der Waals surface area contributed by atoms with Crippen molar-refractivity contribution in [3.05, 3.63) is 77.9 Å². The molecule has 1 aromatic heterocycles. The van der Waals surface area contributed by atoms with Crippen molar-refractivity contribution in [1.82, 2.24) is 14.9 Å². The van der Waals surface area contributed by atoms with Gasteiger partial charge in [0.1, 0.15) is 6.04 Å². The Labute approximate surface area is 201 Å². The van der Waals surface area contributed by atoms with Crippen molar-refractivity contribution in [1.29, 1.82) is 0 Å². The van der Waals surface area contributed by atoms with Crippen LogP contribution in [0.25, 0.3) is 11.0 Å². The minimum absolute atomic E-state index is 0.365. The number of nitrogens with zero attached hydrogens (tertiary/aromatic N) is 2. The highest BCUT2D eigenvalue weighted by Gasteiger charge is 2.40. The summed E-state index contributed by atoms with van der Waals surface area (Å²) >= 11 is 0. The fraction of sp³-hybridized carbons (Fsp3) is 0.192. The minimum atomic E-state index is -0.949. The minimum Gasteiger partial charge on any atom is -0.493 e. The van der Waals surface area contributed by atoms with Gasteiger partial charge in [-0.15, -0.1) is 0 Å². The van der Waals surface area contributed by atoms with Crippen LogP contribution in [0, 0.1) is 0 Å². The van der Waals surface area contributed by atoms with E-state index < -0.39 is 12.1 Å². The zero-order chi connectivity index (χ0) is 24.5. The van der Waals surface area contributed by atoms with E-state index in [0.29, 0.717) is 34.3 Å². The third-order valence-electron chi connectivity index (χ3n) is 6.06. The number of benzene rings is 3. The van der Waals surface area contributed by atoms with Crippen LogP contribution in [0.4, 0.5) is 5.95 Å². The number of carbonyl (C=O) groups is 2. The molecule has 0 fully saturated rings. The van der Waals surface area contributed by atoms with E-state index in [1.165, 1.54) is 21.3 Å². The molecule has 0 saturated carbocycles. The Kier molecular flexibility index (Phi) is 5.74. The second kappa shape index (κ2) is 9.02. The Morgan fingerprint density at radius 2 is 1.60 bits per heavy atom. The molecule has 35 heavy (non-hydrogen) atoms. The molecule has 0 spiro atoms. The van der Waals surface area contributed by atoms with Crippen LogP contribution in [0.15, 0.2) is 66.7 Å². The molecule has 0 aliphatic carbocycles. The number of anilines is 1. The number of rotatable bonds is 6. The third-order valence-corrected chi connectivity index (χ3v) is 6.06. The predicted octanol–water partition coefficient (Wildman–Crippen LogP) is 3.40. The fourth-order valence-electron chi connectivity index (χ4n) is 4.47. The van der Waals surface area contributed by atoms with Gasteiger partial charge in [-0.3, -0.25) is 19.5 Å². The van der Waals surface area contributed by atoms with Gasteiger partial charge in [-0.2, -0.15) is 0 Å². The smallest absolute Gasteiger partial charge is 0.251 e. The van der Waals surface area contributed by atoms with Gasteiger partial charge in [0, 0.05) is 5.56 Å². The van der Waals surface area contributed by atoms with Crippen molar-refractivity contribution in [2.24, 2.45) is 0 Å². The Morgan fingerprint density at radius 1 is 0.943 bits per heavy atom. The van der Waals surface area contributed by atoms with E-state index in [2.05, 4.69) is 15.6 Å². The van der Waals surface area contributed by atoms with Crippen LogP contribution in [-0.2, 0) is 4.79 Å². The van der Waals surface area contributed by atoms with Crippen LogP contribution in [-0.4, -0.2) is 48.7 Å². The molecule has 2 heterocycles. The summed E-state index contributed by atoms with van der Waals surface area (Å²) in [6, 6.07) is 18.3. The molecule has 9 nitrogen and oxygen atoms in total. The Balaban J connectivity index is 1.70. The standard InChI is InChI=1S/C26H24N4O5/c1-33-19-13-16(14-20(34-2)23(19)35-3)22-21(28-24(31)15-9-5-4-6-10-15)25(32)29-26-27-17-11-7-8-12-18(17)30(22)26/h4-14,21-22H,1-3H3,(H,28,31)(H,27,29,32). The summed E-state index contributed by atoms with van der Waals surface area (Å²) in [6.07, 6.45) is 0. The predicted molar refractivity (Wildman–Crippen MR) is 130 cm³/mol. The van der Waals surface area contributed by atoms with Crippen molar-refractivity contribution in [3.8, 4) is 17.2 Å². The van der Waals surface area contributed by atoms with Crippen LogP contribution in [0.3, 0.4) is 0 Å². The largest absolute Gasteiger partial charge is 0.493 e. The summed E-state index contributed by atoms with van der Waals surface area (Å²) in [6.45, 7) is 0. The Bertz CT molecular complexity index is 1390. The topological polar surface area (TPSA) is 104 Å². The number of para-hydroxylation sites is 2. The van der Waals surface area contributed by atoms with Crippen LogP contribution in [0.5, 0.6) is 17.2 Å². The van der Waals surface area contributed by atoms with Gasteiger partial charge in [-0.05, 0) is 42.0 Å². The molecular formula is C26H24N4O5. The molecule has 1 aliphatic rings. The number of ether oxygens (including phenoxy) is 3. The molecule has 4 aromatic rings. The highest BCUT2D eigenvalue weighted by atomic mass is 16.5. The van der Waals surface area contributed by atoms with Crippen LogP contribution >= 0.6 is 0 Å². The molecule has 2 atom stereocenters. The zero-order valence-corrected chi connectivity index (χ0v) is 19.4. The number of amides is 2. The summed E-state index contributed by atoms with van der Waals surface area (Å²) in [5.41, 5.74) is 2.65. The van der Waals surface area contributed by atoms with Gasteiger partial charge < -0.3 is 19.5 Å². The first kappa shape index (κ1) is 22.3. The van der Waals surface area contributed by atoms with Crippen molar-refractivity contribution in [2.45, 2.75) is 12.1 Å². The summed E-state index contributed by atoms with van der Waals surface area (Å²) in [5, 5.41) is 5.77. The number of hydrogen-bond donors (Lipinski definition) is 2. The number of carbonyl (C=O) groups excluding carboxylic acids is 2. The van der Waals surface area contributed by atoms with Crippen molar-refractivity contribution in [2.75, 3.05) is 26.6 Å². The average Bonchev–Trinajstić information content (AvgIpc) is 3.26. The Morgan fingerprint density at radius 3 is 2.26 bits per heavy atom. The number of fused-ring (bicyclic) bond motifs is 3. The second-order valence-corrected chi connectivity index (χ2v) is 8.00. The average molecular weight is 473 g/mol. The first-order valence-electron chi connectivity index (χ1n) is 11.0. The molecule has 1 aliphatic heterocycles. The summed E-state index contributed by atoms with van der Waals surface area (Å²) in [5.74, 6) is 0.950. The normalized spacial score (nSPS) is 16.8. The molecule has 0 radical (unpaired) electrons. The summed E-state index contributed by atoms with van der Waals surface area (Å²) in [7, 11) is 4.58. The number of aromatic nitrogens is 2. The molecule has 9 heteroatoms. The molecule has 2 amide bonds. The van der Waals surface area contributed by atoms with Crippen molar-refractivity contribution in [3.63, 3.8) is 0 Å².